The van der Waals surface area contributed by atoms with Crippen molar-refractivity contribution in [2.75, 3.05) is 13.1 Å². The maximum Gasteiger partial charge on any atom is 0.407 e. The fourth-order valence-electron chi connectivity index (χ4n) is 2.56. The van der Waals surface area contributed by atoms with Crippen molar-refractivity contribution in [2.45, 2.75) is 63.4 Å². The smallest absolute Gasteiger partial charge is 0.407 e. The molecule has 182 valence electrons. The third kappa shape index (κ3) is 11.9. The molecule has 11 nitrogen and oxygen atoms in total. The first-order valence-electron chi connectivity index (χ1n) is 10.2. The van der Waals surface area contributed by atoms with E-state index in [9.17, 15) is 32.7 Å². The van der Waals surface area contributed by atoms with E-state index < -0.39 is 31.6 Å². The van der Waals surface area contributed by atoms with Crippen LogP contribution in [0.15, 0.2) is 23.1 Å². The molecule has 33 heavy (non-hydrogen) atoms. The monoisotopic (exact) mass is 483 g/mol. The van der Waals surface area contributed by atoms with Crippen molar-refractivity contribution in [1.29, 1.82) is 0 Å². The van der Waals surface area contributed by atoms with Crippen molar-refractivity contribution in [2.24, 2.45) is 0 Å². The lowest BCUT2D eigenvalue weighted by molar-refractivity contribution is -0.385. The summed E-state index contributed by atoms with van der Waals surface area (Å²) in [6.07, 6.45) is 1.05. The van der Waals surface area contributed by atoms with Gasteiger partial charge in [-0.3, -0.25) is 19.5 Å². The van der Waals surface area contributed by atoms with Gasteiger partial charge in [-0.05, 0) is 45.2 Å². The van der Waals surface area contributed by atoms with Gasteiger partial charge in [0.05, 0.1) is 9.82 Å². The second-order valence-electron chi connectivity index (χ2n) is 8.04. The van der Waals surface area contributed by atoms with E-state index in [1.807, 2.05) is 0 Å². The number of rotatable bonds is 10. The second-order valence-corrected chi connectivity index (χ2v) is 9.43. The molecule has 0 saturated heterocycles. The van der Waals surface area contributed by atoms with E-state index in [-0.39, 0.29) is 30.0 Å². The summed E-state index contributed by atoms with van der Waals surface area (Å²) in [4.78, 5) is 33.1. The zero-order chi connectivity index (χ0) is 25.1. The number of non-ortho nitro benzene ring substituents is 1. The highest BCUT2D eigenvalue weighted by molar-refractivity contribution is 7.85. The van der Waals surface area contributed by atoms with E-state index in [1.54, 1.807) is 20.8 Å². The van der Waals surface area contributed by atoms with Gasteiger partial charge in [-0.1, -0.05) is 5.92 Å². The Kier molecular flexibility index (Phi) is 10.8. The first-order valence-corrected chi connectivity index (χ1v) is 11.7. The summed E-state index contributed by atoms with van der Waals surface area (Å²) in [5.74, 6) is 5.37. The lowest BCUT2D eigenvalue weighted by atomic mass is 10.1. The Balaban J connectivity index is 2.34. The number of unbranched alkanes of at least 4 members (excludes halogenated alkanes) is 1. The molecule has 0 aliphatic heterocycles. The lowest BCUT2D eigenvalue weighted by Gasteiger charge is -2.19. The van der Waals surface area contributed by atoms with Crippen LogP contribution < -0.4 is 10.6 Å². The predicted octanol–water partition coefficient (Wildman–Crippen LogP) is 2.59. The minimum absolute atomic E-state index is 0.0347. The number of carbonyl (C=O) groups excluding carboxylic acids is 2. The molecular formula is C21H29N3O8S. The van der Waals surface area contributed by atoms with Gasteiger partial charge >= 0.3 is 6.09 Å². The molecule has 2 amide bonds. The van der Waals surface area contributed by atoms with Gasteiger partial charge in [0.15, 0.2) is 0 Å². The number of alkyl carbamates (subject to hydrolysis) is 1. The van der Waals surface area contributed by atoms with Crippen molar-refractivity contribution < 1.29 is 32.2 Å². The van der Waals surface area contributed by atoms with Crippen molar-refractivity contribution in [3.05, 3.63) is 33.9 Å². The molecule has 0 unspecified atom stereocenters. The van der Waals surface area contributed by atoms with Crippen LogP contribution in [0.25, 0.3) is 0 Å². The molecule has 0 atom stereocenters. The van der Waals surface area contributed by atoms with E-state index in [4.69, 9.17) is 4.74 Å². The number of ether oxygens (including phenoxy) is 1. The standard InChI is InChI=1S/C21H29N3O8S/c1-21(2,3)32-20(26)23-14-8-10-19(25)22-13-7-5-4-6-9-16-15-17(24(27)28)11-12-18(16)33(29,30)31/h11-12,15H,5,7-10,13-14H2,1-3H3,(H,22,25)(H,23,26)(H,29,30,31). The molecule has 1 aromatic carbocycles. The third-order valence-corrected chi connectivity index (χ3v) is 4.94. The van der Waals surface area contributed by atoms with Crippen LogP contribution in [-0.2, 0) is 26.1 Å². The molecule has 1 rings (SSSR count). The highest BCUT2D eigenvalue weighted by atomic mass is 32.2. The molecule has 3 N–H and O–H groups in total. The van der Waals surface area contributed by atoms with Crippen LogP contribution in [0.4, 0.5) is 10.5 Å². The normalized spacial score (nSPS) is 11.2. The summed E-state index contributed by atoms with van der Waals surface area (Å²) < 4.78 is 37.2. The van der Waals surface area contributed by atoms with Crippen molar-refractivity contribution in [1.82, 2.24) is 10.6 Å². The Bertz CT molecular complexity index is 1020. The van der Waals surface area contributed by atoms with Crippen LogP contribution in [-0.4, -0.2) is 48.6 Å². The zero-order valence-corrected chi connectivity index (χ0v) is 19.7. The Morgan fingerprint density at radius 2 is 1.82 bits per heavy atom. The Labute approximate surface area is 193 Å². The number of carbonyl (C=O) groups is 2. The van der Waals surface area contributed by atoms with Crippen LogP contribution in [0.5, 0.6) is 0 Å². The predicted molar refractivity (Wildman–Crippen MR) is 120 cm³/mol. The first kappa shape index (κ1) is 27.9. The summed E-state index contributed by atoms with van der Waals surface area (Å²) in [7, 11) is -4.53. The minimum atomic E-state index is -4.53. The van der Waals surface area contributed by atoms with Crippen LogP contribution in [0.2, 0.25) is 0 Å². The number of hydrogen-bond acceptors (Lipinski definition) is 7. The first-order chi connectivity index (χ1) is 15.3. The Morgan fingerprint density at radius 3 is 2.42 bits per heavy atom. The van der Waals surface area contributed by atoms with Gasteiger partial charge in [-0.15, -0.1) is 5.92 Å². The quantitative estimate of drug-likeness (QED) is 0.150. The van der Waals surface area contributed by atoms with Crippen molar-refractivity contribution in [3.63, 3.8) is 0 Å². The average Bonchev–Trinajstić information content (AvgIpc) is 2.68. The van der Waals surface area contributed by atoms with Gasteiger partial charge in [0.1, 0.15) is 5.60 Å². The van der Waals surface area contributed by atoms with Crippen LogP contribution in [0, 0.1) is 22.0 Å². The van der Waals surface area contributed by atoms with Gasteiger partial charge in [-0.25, -0.2) is 4.79 Å². The SMILES string of the molecule is CC(C)(C)OC(=O)NCCCC(=O)NCCCC#CCc1cc([N+](=O)[O-])ccc1S(=O)(=O)O. The second kappa shape index (κ2) is 12.8. The van der Waals surface area contributed by atoms with Gasteiger partial charge in [0, 0.05) is 44.5 Å². The van der Waals surface area contributed by atoms with Gasteiger partial charge in [0.2, 0.25) is 5.91 Å². The maximum absolute atomic E-state index is 11.8. The molecule has 0 bridgehead atoms. The molecular weight excluding hydrogens is 454 g/mol. The molecule has 0 fully saturated rings. The minimum Gasteiger partial charge on any atom is -0.444 e. The number of amides is 2. The van der Waals surface area contributed by atoms with Crippen molar-refractivity contribution >= 4 is 27.8 Å². The highest BCUT2D eigenvalue weighted by Crippen LogP contribution is 2.22. The summed E-state index contributed by atoms with van der Waals surface area (Å²) >= 11 is 0. The van der Waals surface area contributed by atoms with E-state index in [2.05, 4.69) is 22.5 Å². The van der Waals surface area contributed by atoms with Crippen LogP contribution in [0.3, 0.4) is 0 Å². The molecule has 1 aromatic rings. The molecule has 0 heterocycles. The van der Waals surface area contributed by atoms with Crippen LogP contribution in [0.1, 0.15) is 52.0 Å². The topological polar surface area (TPSA) is 165 Å². The van der Waals surface area contributed by atoms with Gasteiger partial charge in [-0.2, -0.15) is 8.42 Å². The molecule has 0 aliphatic rings. The molecule has 0 saturated carbocycles. The summed E-state index contributed by atoms with van der Waals surface area (Å²) in [6.45, 7) is 5.98. The van der Waals surface area contributed by atoms with E-state index in [0.29, 0.717) is 32.4 Å². The molecule has 0 spiro atoms. The maximum atomic E-state index is 11.8. The third-order valence-electron chi connectivity index (χ3n) is 3.99. The number of nitro groups is 1. The van der Waals surface area contributed by atoms with E-state index >= 15 is 0 Å². The molecule has 12 heteroatoms. The lowest BCUT2D eigenvalue weighted by Crippen LogP contribution is -2.33. The number of nitrogens with one attached hydrogen (secondary N) is 2. The highest BCUT2D eigenvalue weighted by Gasteiger charge is 2.18. The Hall–Kier alpha value is -3.17. The van der Waals surface area contributed by atoms with Gasteiger partial charge in [0.25, 0.3) is 15.8 Å². The zero-order valence-electron chi connectivity index (χ0n) is 18.8. The average molecular weight is 484 g/mol. The molecule has 0 aromatic heterocycles. The fraction of sp³-hybridized carbons (Fsp3) is 0.524. The van der Waals surface area contributed by atoms with Crippen molar-refractivity contribution in [3.8, 4) is 11.8 Å². The number of benzene rings is 1. The Morgan fingerprint density at radius 1 is 1.15 bits per heavy atom. The number of nitrogens with zero attached hydrogens (tertiary/aromatic N) is 1. The summed E-state index contributed by atoms with van der Waals surface area (Å²) in [6, 6.07) is 3.04. The number of nitro benzene ring substituents is 1. The van der Waals surface area contributed by atoms with Gasteiger partial charge < -0.3 is 15.4 Å². The summed E-state index contributed by atoms with van der Waals surface area (Å²) in [5, 5.41) is 16.2. The number of hydrogen-bond donors (Lipinski definition) is 3. The van der Waals surface area contributed by atoms with E-state index in [1.165, 1.54) is 0 Å². The van der Waals surface area contributed by atoms with Crippen LogP contribution >= 0.6 is 0 Å². The fourth-order valence-corrected chi connectivity index (χ4v) is 3.26. The summed E-state index contributed by atoms with van der Waals surface area (Å²) in [5.41, 5.74) is -0.849. The molecule has 0 radical (unpaired) electrons. The molecule has 0 aliphatic carbocycles. The largest absolute Gasteiger partial charge is 0.444 e. The van der Waals surface area contributed by atoms with E-state index in [0.717, 1.165) is 18.2 Å².